The molecule has 3 heterocycles. The van der Waals surface area contributed by atoms with E-state index < -0.39 is 13.0 Å². The van der Waals surface area contributed by atoms with Crippen molar-refractivity contribution in [3.05, 3.63) is 71.0 Å². The van der Waals surface area contributed by atoms with Crippen LogP contribution in [0.3, 0.4) is 0 Å². The molecule has 0 radical (unpaired) electrons. The highest BCUT2D eigenvalue weighted by Gasteiger charge is 2.27. The molecule has 1 amide bonds. The first-order chi connectivity index (χ1) is 11.1. The van der Waals surface area contributed by atoms with Gasteiger partial charge in [-0.1, -0.05) is 24.3 Å². The van der Waals surface area contributed by atoms with Crippen LogP contribution < -0.4 is 11.2 Å². The fourth-order valence-corrected chi connectivity index (χ4v) is 3.14. The number of carbonyl (C=O) groups excluding carboxylic acids is 1. The summed E-state index contributed by atoms with van der Waals surface area (Å²) >= 11 is 0. The Hall–Kier alpha value is -2.57. The first-order valence-electron chi connectivity index (χ1n) is 7.43. The van der Waals surface area contributed by atoms with E-state index in [-0.39, 0.29) is 0 Å². The van der Waals surface area contributed by atoms with Gasteiger partial charge in [0.05, 0.1) is 6.61 Å². The number of pyridine rings is 1. The second-order valence-corrected chi connectivity index (χ2v) is 5.74. The zero-order chi connectivity index (χ0) is 16.0. The summed E-state index contributed by atoms with van der Waals surface area (Å²) in [6.45, 7) is 0.452. The fourth-order valence-electron chi connectivity index (χ4n) is 3.14. The van der Waals surface area contributed by atoms with Crippen molar-refractivity contribution in [2.24, 2.45) is 5.73 Å². The van der Waals surface area contributed by atoms with Crippen molar-refractivity contribution >= 4 is 24.0 Å². The number of carbonyl (C=O) groups is 1. The van der Waals surface area contributed by atoms with E-state index in [4.69, 9.17) is 10.4 Å². The second kappa shape index (κ2) is 5.26. The molecule has 2 aromatic heterocycles. The van der Waals surface area contributed by atoms with Crippen LogP contribution in [-0.4, -0.2) is 22.5 Å². The molecule has 0 aliphatic carbocycles. The van der Waals surface area contributed by atoms with E-state index >= 15 is 0 Å². The summed E-state index contributed by atoms with van der Waals surface area (Å²) in [5.41, 5.74) is 10.9. The van der Waals surface area contributed by atoms with Crippen LogP contribution in [0, 0.1) is 0 Å². The van der Waals surface area contributed by atoms with Gasteiger partial charge < -0.3 is 19.8 Å². The molecule has 3 N–H and O–H groups in total. The number of hydrogen-bond donors (Lipinski definition) is 2. The van der Waals surface area contributed by atoms with Crippen molar-refractivity contribution in [2.45, 2.75) is 13.0 Å². The van der Waals surface area contributed by atoms with Crippen molar-refractivity contribution in [1.82, 2.24) is 4.40 Å². The largest absolute Gasteiger partial charge is 0.491 e. The number of amides is 1. The van der Waals surface area contributed by atoms with Crippen molar-refractivity contribution in [3.8, 4) is 0 Å². The number of nitrogens with zero attached hydrogens (tertiary/aromatic N) is 1. The smallest absolute Gasteiger partial charge is 0.423 e. The summed E-state index contributed by atoms with van der Waals surface area (Å²) in [6.07, 6.45) is 2.56. The van der Waals surface area contributed by atoms with Crippen LogP contribution in [0.4, 0.5) is 0 Å². The van der Waals surface area contributed by atoms with Gasteiger partial charge in [0.2, 0.25) is 0 Å². The highest BCUT2D eigenvalue weighted by molar-refractivity contribution is 6.61. The summed E-state index contributed by atoms with van der Waals surface area (Å²) in [6, 6.07) is 13.5. The Morgan fingerprint density at radius 1 is 1.30 bits per heavy atom. The third kappa shape index (κ3) is 2.32. The van der Waals surface area contributed by atoms with Gasteiger partial charge >= 0.3 is 7.12 Å². The van der Waals surface area contributed by atoms with E-state index in [0.29, 0.717) is 18.7 Å². The van der Waals surface area contributed by atoms with E-state index in [2.05, 4.69) is 0 Å². The lowest BCUT2D eigenvalue weighted by Crippen LogP contribution is -2.28. The highest BCUT2D eigenvalue weighted by atomic mass is 16.5. The van der Waals surface area contributed by atoms with Gasteiger partial charge in [-0.2, -0.15) is 0 Å². The first kappa shape index (κ1) is 14.1. The maximum atomic E-state index is 11.5. The van der Waals surface area contributed by atoms with Gasteiger partial charge in [-0.05, 0) is 46.8 Å². The van der Waals surface area contributed by atoms with Gasteiger partial charge in [0.15, 0.2) is 0 Å². The van der Waals surface area contributed by atoms with Crippen molar-refractivity contribution in [3.63, 3.8) is 0 Å². The Labute approximate surface area is 133 Å². The molecule has 1 aliphatic rings. The molecule has 23 heavy (non-hydrogen) atoms. The van der Waals surface area contributed by atoms with Crippen molar-refractivity contribution in [1.29, 1.82) is 0 Å². The van der Waals surface area contributed by atoms with E-state index in [9.17, 15) is 9.82 Å². The Bertz CT molecular complexity index is 919. The van der Waals surface area contributed by atoms with Gasteiger partial charge in [0, 0.05) is 11.7 Å². The summed E-state index contributed by atoms with van der Waals surface area (Å²) in [4.78, 5) is 11.5. The van der Waals surface area contributed by atoms with Crippen LogP contribution in [0.15, 0.2) is 48.7 Å². The van der Waals surface area contributed by atoms with Crippen LogP contribution in [0.25, 0.3) is 5.52 Å². The molecule has 5 nitrogen and oxygen atoms in total. The number of benzene rings is 1. The minimum atomic E-state index is -0.836. The number of rotatable bonds is 3. The van der Waals surface area contributed by atoms with Crippen LogP contribution in [0.5, 0.6) is 0 Å². The summed E-state index contributed by atoms with van der Waals surface area (Å²) in [7, 11) is -0.836. The van der Waals surface area contributed by atoms with E-state index in [1.165, 1.54) is 0 Å². The fraction of sp³-hybridized carbons (Fsp3) is 0.118. The highest BCUT2D eigenvalue weighted by Crippen LogP contribution is 2.20. The minimum absolute atomic E-state index is 0.449. The zero-order valence-corrected chi connectivity index (χ0v) is 12.4. The van der Waals surface area contributed by atoms with Gasteiger partial charge in [-0.25, -0.2) is 0 Å². The molecule has 0 saturated heterocycles. The van der Waals surface area contributed by atoms with Gasteiger partial charge in [0.25, 0.3) is 5.91 Å². The molecule has 6 heteroatoms. The minimum Gasteiger partial charge on any atom is -0.423 e. The van der Waals surface area contributed by atoms with Gasteiger partial charge in [-0.15, -0.1) is 0 Å². The lowest BCUT2D eigenvalue weighted by atomic mass is 9.78. The average Bonchev–Trinajstić information content (AvgIpc) is 3.12. The molecular weight excluding hydrogens is 291 g/mol. The van der Waals surface area contributed by atoms with Crippen LogP contribution in [0.2, 0.25) is 0 Å². The van der Waals surface area contributed by atoms with Crippen molar-refractivity contribution in [2.75, 3.05) is 0 Å². The lowest BCUT2D eigenvalue weighted by Gasteiger charge is -2.06. The van der Waals surface area contributed by atoms with E-state index in [1.54, 1.807) is 6.07 Å². The Balaban J connectivity index is 1.73. The lowest BCUT2D eigenvalue weighted by molar-refractivity contribution is 0.0994. The SMILES string of the molecule is NC(=O)c1cccc2c(Cc3ccc4c(c3)B(O)OC4)ccn12. The molecule has 0 fully saturated rings. The topological polar surface area (TPSA) is 77.0 Å². The van der Waals surface area contributed by atoms with Crippen LogP contribution in [0.1, 0.15) is 27.2 Å². The average molecular weight is 306 g/mol. The standard InChI is InChI=1S/C17H15BN2O3/c19-17(21)16-3-1-2-15-12(6-7-20(15)16)8-11-4-5-13-10-23-18(22)14(13)9-11/h1-7,9,22H,8,10H2,(H2,19,21). The molecule has 3 aromatic rings. The predicted octanol–water partition coefficient (Wildman–Crippen LogP) is 0.847. The quantitative estimate of drug-likeness (QED) is 0.704. The first-order valence-corrected chi connectivity index (χ1v) is 7.43. The molecule has 0 saturated carbocycles. The molecule has 0 atom stereocenters. The second-order valence-electron chi connectivity index (χ2n) is 5.74. The molecule has 0 spiro atoms. The summed E-state index contributed by atoms with van der Waals surface area (Å²) < 4.78 is 7.03. The number of hydrogen-bond acceptors (Lipinski definition) is 3. The van der Waals surface area contributed by atoms with E-state index in [0.717, 1.165) is 27.7 Å². The molecule has 1 aromatic carbocycles. The van der Waals surface area contributed by atoms with Gasteiger partial charge in [-0.3, -0.25) is 4.79 Å². The molecule has 4 rings (SSSR count). The molecule has 0 bridgehead atoms. The molecule has 114 valence electrons. The molecule has 1 aliphatic heterocycles. The van der Waals surface area contributed by atoms with Gasteiger partial charge in [0.1, 0.15) is 5.69 Å². The van der Waals surface area contributed by atoms with Crippen molar-refractivity contribution < 1.29 is 14.5 Å². The van der Waals surface area contributed by atoms with Crippen LogP contribution >= 0.6 is 0 Å². The third-order valence-electron chi connectivity index (χ3n) is 4.30. The summed E-state index contributed by atoms with van der Waals surface area (Å²) in [5.74, 6) is -0.449. The number of fused-ring (bicyclic) bond motifs is 2. The zero-order valence-electron chi connectivity index (χ0n) is 12.4. The van der Waals surface area contributed by atoms with Crippen LogP contribution in [-0.2, 0) is 17.7 Å². The number of aromatic nitrogens is 1. The maximum absolute atomic E-state index is 11.5. The summed E-state index contributed by atoms with van der Waals surface area (Å²) in [5, 5.41) is 9.82. The Morgan fingerprint density at radius 2 is 2.17 bits per heavy atom. The predicted molar refractivity (Wildman–Crippen MR) is 87.6 cm³/mol. The normalized spacial score (nSPS) is 13.5. The Morgan fingerprint density at radius 3 is 3.00 bits per heavy atom. The van der Waals surface area contributed by atoms with E-state index in [1.807, 2.05) is 47.0 Å². The monoisotopic (exact) mass is 306 g/mol. The molecule has 0 unspecified atom stereocenters. The molecular formula is C17H15BN2O3. The maximum Gasteiger partial charge on any atom is 0.491 e. The Kier molecular flexibility index (Phi) is 3.21. The third-order valence-corrected chi connectivity index (χ3v) is 4.30. The number of nitrogens with two attached hydrogens (primary N) is 1. The number of primary amides is 1.